The molecular formula is C15H18ClN3O. The number of hydrogen-bond acceptors (Lipinski definition) is 4. The number of benzene rings is 1. The molecule has 1 heterocycles. The highest BCUT2D eigenvalue weighted by molar-refractivity contribution is 6.30. The summed E-state index contributed by atoms with van der Waals surface area (Å²) in [5.41, 5.74) is 1.14. The van der Waals surface area contributed by atoms with E-state index in [-0.39, 0.29) is 0 Å². The van der Waals surface area contributed by atoms with Crippen molar-refractivity contribution < 1.29 is 4.74 Å². The Morgan fingerprint density at radius 1 is 1.15 bits per heavy atom. The molecule has 0 bridgehead atoms. The van der Waals surface area contributed by atoms with Gasteiger partial charge in [-0.1, -0.05) is 30.7 Å². The van der Waals surface area contributed by atoms with E-state index < -0.39 is 0 Å². The summed E-state index contributed by atoms with van der Waals surface area (Å²) in [6, 6.07) is 9.54. The molecule has 0 aliphatic heterocycles. The second kappa shape index (κ2) is 7.10. The third-order valence-corrected chi connectivity index (χ3v) is 3.00. The summed E-state index contributed by atoms with van der Waals surface area (Å²) in [4.78, 5) is 8.76. The molecule has 4 nitrogen and oxygen atoms in total. The van der Waals surface area contributed by atoms with Crippen molar-refractivity contribution in [3.8, 4) is 5.88 Å². The molecular weight excluding hydrogens is 274 g/mol. The van der Waals surface area contributed by atoms with Crippen LogP contribution in [0.5, 0.6) is 5.88 Å². The van der Waals surface area contributed by atoms with Gasteiger partial charge in [0.25, 0.3) is 0 Å². The third kappa shape index (κ3) is 4.10. The molecule has 0 fully saturated rings. The van der Waals surface area contributed by atoms with Crippen LogP contribution in [0.3, 0.4) is 0 Å². The Bertz CT molecular complexity index is 558. The monoisotopic (exact) mass is 291 g/mol. The molecule has 5 heteroatoms. The highest BCUT2D eigenvalue weighted by Crippen LogP contribution is 2.16. The van der Waals surface area contributed by atoms with Crippen molar-refractivity contribution in [2.45, 2.75) is 26.8 Å². The quantitative estimate of drug-likeness (QED) is 0.881. The number of ether oxygens (including phenoxy) is 1. The summed E-state index contributed by atoms with van der Waals surface area (Å²) in [5.74, 6) is 2.16. The molecule has 0 aliphatic carbocycles. The van der Waals surface area contributed by atoms with E-state index in [2.05, 4.69) is 15.3 Å². The van der Waals surface area contributed by atoms with Crippen molar-refractivity contribution in [1.82, 2.24) is 9.97 Å². The largest absolute Gasteiger partial charge is 0.478 e. The lowest BCUT2D eigenvalue weighted by Gasteiger charge is -2.09. The minimum Gasteiger partial charge on any atom is -0.478 e. The van der Waals surface area contributed by atoms with Crippen LogP contribution in [-0.4, -0.2) is 16.6 Å². The van der Waals surface area contributed by atoms with E-state index in [1.807, 2.05) is 44.2 Å². The van der Waals surface area contributed by atoms with E-state index >= 15 is 0 Å². The van der Waals surface area contributed by atoms with Crippen LogP contribution < -0.4 is 10.1 Å². The first-order valence-electron chi connectivity index (χ1n) is 6.70. The molecule has 0 saturated heterocycles. The van der Waals surface area contributed by atoms with Gasteiger partial charge in [-0.15, -0.1) is 0 Å². The Balaban J connectivity index is 2.07. The SMILES string of the molecule is CCOc1cc(NCc2ccc(Cl)cc2)nc(CC)n1. The first-order valence-corrected chi connectivity index (χ1v) is 7.08. The number of anilines is 1. The van der Waals surface area contributed by atoms with Gasteiger partial charge in [0.05, 0.1) is 6.61 Å². The smallest absolute Gasteiger partial charge is 0.218 e. The number of hydrogen-bond donors (Lipinski definition) is 1. The summed E-state index contributed by atoms with van der Waals surface area (Å²) in [6.07, 6.45) is 0.774. The zero-order chi connectivity index (χ0) is 14.4. The van der Waals surface area contributed by atoms with E-state index in [0.717, 1.165) is 28.6 Å². The Morgan fingerprint density at radius 2 is 1.90 bits per heavy atom. The Hall–Kier alpha value is -1.81. The van der Waals surface area contributed by atoms with Crippen LogP contribution in [0.15, 0.2) is 30.3 Å². The van der Waals surface area contributed by atoms with Crippen molar-refractivity contribution in [1.29, 1.82) is 0 Å². The van der Waals surface area contributed by atoms with Gasteiger partial charge in [-0.2, -0.15) is 4.98 Å². The van der Waals surface area contributed by atoms with Crippen molar-refractivity contribution >= 4 is 17.4 Å². The van der Waals surface area contributed by atoms with Crippen molar-refractivity contribution in [3.05, 3.63) is 46.7 Å². The predicted molar refractivity (Wildman–Crippen MR) is 81.4 cm³/mol. The van der Waals surface area contributed by atoms with Gasteiger partial charge in [0, 0.05) is 24.1 Å². The topological polar surface area (TPSA) is 47.0 Å². The fourth-order valence-corrected chi connectivity index (χ4v) is 1.86. The number of aryl methyl sites for hydroxylation is 1. The van der Waals surface area contributed by atoms with Crippen LogP contribution >= 0.6 is 11.6 Å². The molecule has 2 rings (SSSR count). The summed E-state index contributed by atoms with van der Waals surface area (Å²) in [6.45, 7) is 5.24. The van der Waals surface area contributed by atoms with Gasteiger partial charge in [-0.3, -0.25) is 0 Å². The average Bonchev–Trinajstić information content (AvgIpc) is 2.47. The van der Waals surface area contributed by atoms with Gasteiger partial charge in [0.1, 0.15) is 11.6 Å². The number of halogens is 1. The maximum Gasteiger partial charge on any atom is 0.218 e. The second-order valence-corrected chi connectivity index (χ2v) is 4.71. The minimum absolute atomic E-state index is 0.594. The van der Waals surface area contributed by atoms with Gasteiger partial charge >= 0.3 is 0 Å². The number of aromatic nitrogens is 2. The molecule has 106 valence electrons. The summed E-state index contributed by atoms with van der Waals surface area (Å²) in [5, 5.41) is 4.02. The maximum absolute atomic E-state index is 5.87. The molecule has 0 amide bonds. The molecule has 1 N–H and O–H groups in total. The van der Waals surface area contributed by atoms with Crippen molar-refractivity contribution in [2.75, 3.05) is 11.9 Å². The number of nitrogens with zero attached hydrogens (tertiary/aromatic N) is 2. The molecule has 2 aromatic rings. The highest BCUT2D eigenvalue weighted by atomic mass is 35.5. The molecule has 0 atom stereocenters. The molecule has 0 unspecified atom stereocenters. The Labute approximate surface area is 124 Å². The molecule has 0 aliphatic rings. The van der Waals surface area contributed by atoms with E-state index in [1.165, 1.54) is 0 Å². The van der Waals surface area contributed by atoms with E-state index in [4.69, 9.17) is 16.3 Å². The molecule has 0 saturated carbocycles. The van der Waals surface area contributed by atoms with Crippen LogP contribution in [0.4, 0.5) is 5.82 Å². The second-order valence-electron chi connectivity index (χ2n) is 4.27. The average molecular weight is 292 g/mol. The minimum atomic E-state index is 0.594. The van der Waals surface area contributed by atoms with E-state index in [1.54, 1.807) is 0 Å². The third-order valence-electron chi connectivity index (χ3n) is 2.74. The molecule has 0 radical (unpaired) electrons. The molecule has 0 spiro atoms. The lowest BCUT2D eigenvalue weighted by atomic mass is 10.2. The lowest BCUT2D eigenvalue weighted by Crippen LogP contribution is -2.06. The van der Waals surface area contributed by atoms with Gasteiger partial charge in [-0.25, -0.2) is 4.98 Å². The zero-order valence-electron chi connectivity index (χ0n) is 11.7. The predicted octanol–water partition coefficient (Wildman–Crippen LogP) is 3.70. The lowest BCUT2D eigenvalue weighted by molar-refractivity contribution is 0.325. The summed E-state index contributed by atoms with van der Waals surface area (Å²) >= 11 is 5.87. The van der Waals surface area contributed by atoms with Gasteiger partial charge in [-0.05, 0) is 24.6 Å². The fraction of sp³-hybridized carbons (Fsp3) is 0.333. The van der Waals surface area contributed by atoms with Crippen molar-refractivity contribution in [2.24, 2.45) is 0 Å². The van der Waals surface area contributed by atoms with Crippen LogP contribution in [0.2, 0.25) is 5.02 Å². The Kier molecular flexibility index (Phi) is 5.18. The van der Waals surface area contributed by atoms with Gasteiger partial charge in [0.2, 0.25) is 5.88 Å². The van der Waals surface area contributed by atoms with Gasteiger partial charge in [0.15, 0.2) is 0 Å². The zero-order valence-corrected chi connectivity index (χ0v) is 12.4. The van der Waals surface area contributed by atoms with Crippen LogP contribution in [0.25, 0.3) is 0 Å². The first kappa shape index (κ1) is 14.6. The number of rotatable bonds is 6. The number of nitrogens with one attached hydrogen (secondary N) is 1. The van der Waals surface area contributed by atoms with Crippen molar-refractivity contribution in [3.63, 3.8) is 0 Å². The highest BCUT2D eigenvalue weighted by Gasteiger charge is 2.04. The maximum atomic E-state index is 5.87. The van der Waals surface area contributed by atoms with E-state index in [0.29, 0.717) is 19.0 Å². The van der Waals surface area contributed by atoms with Gasteiger partial charge < -0.3 is 10.1 Å². The Morgan fingerprint density at radius 3 is 2.55 bits per heavy atom. The van der Waals surface area contributed by atoms with E-state index in [9.17, 15) is 0 Å². The fourth-order valence-electron chi connectivity index (χ4n) is 1.74. The molecule has 1 aromatic heterocycles. The van der Waals surface area contributed by atoms with Crippen LogP contribution in [0, 0.1) is 0 Å². The standard InChI is InChI=1S/C15H18ClN3O/c1-3-13-18-14(9-15(19-13)20-4-2)17-10-11-5-7-12(16)8-6-11/h5-9H,3-4,10H2,1-2H3,(H,17,18,19). The van der Waals surface area contributed by atoms with Crippen LogP contribution in [-0.2, 0) is 13.0 Å². The summed E-state index contributed by atoms with van der Waals surface area (Å²) in [7, 11) is 0. The normalized spacial score (nSPS) is 10.3. The molecule has 20 heavy (non-hydrogen) atoms. The van der Waals surface area contributed by atoms with Crippen LogP contribution in [0.1, 0.15) is 25.2 Å². The summed E-state index contributed by atoms with van der Waals surface area (Å²) < 4.78 is 5.45. The first-order chi connectivity index (χ1) is 9.71. The molecule has 1 aromatic carbocycles.